The minimum atomic E-state index is -1.42. The van der Waals surface area contributed by atoms with Gasteiger partial charge in [-0.05, 0) is 55.7 Å². The average Bonchev–Trinajstić information content (AvgIpc) is 4.46. The first-order valence-electron chi connectivity index (χ1n) is 28.7. The number of imide groups is 1. The van der Waals surface area contributed by atoms with Gasteiger partial charge in [-0.2, -0.15) is 25.3 Å². The van der Waals surface area contributed by atoms with Gasteiger partial charge >= 0.3 is 6.03 Å². The molecule has 1 aliphatic heterocycles. The van der Waals surface area contributed by atoms with Crippen molar-refractivity contribution >= 4 is 101 Å². The number of nitrogens with one attached hydrogen (secondary N) is 10. The Balaban J connectivity index is 1.18. The molecule has 0 spiro atoms. The standard InChI is InChI=1S/C57H80N16O10S2/c1-3-4-21-46(73-55(82)43(72-57(73)83)24-34-16-9-6-10-17-34)54(81)71-45(30-85)53(80)65-32(2)48(75)67-42(26-36-28-61-31-64-36)52(79)68-40(23-33-14-7-5-8-15-33)50(77)66-39(20-13-22-62-56(59)60)49(76)69-41(51(78)70-44(29-84)47(58)74)25-35-27-63-38-19-12-11-18-37(35)38/h5,7-8,11-12,14-15,18-19,27-28,31-32,34,39-46,63,84-85H,3-4,6,9-10,13,16-17,20-26,29-30H2,1-2H3,(H2,58,74)(H,61,64)(H,65,80)(H,66,77)(H,67,75)(H,68,79)(H,69,76)(H,70,78)(H,71,81)(H,72,83)(H4,59,60,62)/t32-,39+,40-,41-,42+,43+,44+,45+,46-/m0/s1. The van der Waals surface area contributed by atoms with E-state index >= 15 is 0 Å². The number of thiol groups is 2. The molecular weight excluding hydrogens is 1130 g/mol. The number of rotatable bonds is 33. The van der Waals surface area contributed by atoms with E-state index in [9.17, 15) is 47.9 Å². The lowest BCUT2D eigenvalue weighted by Crippen LogP contribution is -2.61. The number of fused-ring (bicyclic) bond motifs is 1. The van der Waals surface area contributed by atoms with Crippen molar-refractivity contribution in [2.75, 3.05) is 18.1 Å². The van der Waals surface area contributed by atoms with E-state index in [1.54, 1.807) is 36.5 Å². The maximum absolute atomic E-state index is 14.7. The Labute approximate surface area is 503 Å². The third-order valence-electron chi connectivity index (χ3n) is 15.0. The van der Waals surface area contributed by atoms with E-state index in [-0.39, 0.29) is 68.5 Å². The molecule has 4 aromatic rings. The lowest BCUT2D eigenvalue weighted by molar-refractivity contribution is -0.138. The first kappa shape index (κ1) is 66.0. The van der Waals surface area contributed by atoms with E-state index in [1.165, 1.54) is 19.4 Å². The fourth-order valence-corrected chi connectivity index (χ4v) is 10.9. The minimum absolute atomic E-state index is 0.0482. The van der Waals surface area contributed by atoms with E-state index in [0.29, 0.717) is 36.1 Å². The molecule has 0 radical (unpaired) electrons. The number of imidazole rings is 1. The smallest absolute Gasteiger partial charge is 0.325 e. The Morgan fingerprint density at radius 3 is 1.89 bits per heavy atom. The van der Waals surface area contributed by atoms with Crippen LogP contribution in [-0.2, 0) is 62.4 Å². The molecule has 28 heteroatoms. The molecule has 2 aromatic heterocycles. The number of guanidine groups is 1. The maximum atomic E-state index is 14.7. The number of urea groups is 1. The van der Waals surface area contributed by atoms with Crippen molar-refractivity contribution in [1.82, 2.24) is 62.4 Å². The van der Waals surface area contributed by atoms with Crippen molar-refractivity contribution in [2.24, 2.45) is 28.1 Å². The average molecular weight is 1210 g/mol. The van der Waals surface area contributed by atoms with Gasteiger partial charge in [0.1, 0.15) is 54.4 Å². The summed E-state index contributed by atoms with van der Waals surface area (Å²) >= 11 is 8.48. The van der Waals surface area contributed by atoms with Crippen LogP contribution in [0.15, 0.2) is 78.3 Å². The lowest BCUT2D eigenvalue weighted by Gasteiger charge is -2.28. The van der Waals surface area contributed by atoms with Crippen LogP contribution in [0.1, 0.15) is 101 Å². The molecular formula is C57H80N16O10S2. The number of hydrogen-bond donors (Lipinski definition) is 15. The van der Waals surface area contributed by atoms with Gasteiger partial charge in [-0.3, -0.25) is 48.1 Å². The largest absolute Gasteiger partial charge is 0.370 e. The Morgan fingerprint density at radius 1 is 0.671 bits per heavy atom. The van der Waals surface area contributed by atoms with Crippen LogP contribution in [0.4, 0.5) is 4.79 Å². The van der Waals surface area contributed by atoms with Gasteiger partial charge in [-0.1, -0.05) is 100 Å². The van der Waals surface area contributed by atoms with E-state index in [1.807, 2.05) is 31.2 Å². The highest BCUT2D eigenvalue weighted by Crippen LogP contribution is 2.30. The van der Waals surface area contributed by atoms with Crippen LogP contribution in [0.5, 0.6) is 0 Å². The zero-order valence-corrected chi connectivity index (χ0v) is 49.6. The van der Waals surface area contributed by atoms with Crippen LogP contribution in [0.25, 0.3) is 10.9 Å². The second-order valence-corrected chi connectivity index (χ2v) is 22.2. The Kier molecular flexibility index (Phi) is 25.5. The lowest BCUT2D eigenvalue weighted by atomic mass is 9.85. The summed E-state index contributed by atoms with van der Waals surface area (Å²) in [5, 5.41) is 22.2. The number of benzene rings is 2. The molecule has 2 aromatic carbocycles. The number of nitrogens with zero attached hydrogens (tertiary/aromatic N) is 3. The third-order valence-corrected chi connectivity index (χ3v) is 15.8. The second-order valence-electron chi connectivity index (χ2n) is 21.5. The molecule has 1 saturated carbocycles. The van der Waals surface area contributed by atoms with Crippen LogP contribution in [-0.4, -0.2) is 157 Å². The summed E-state index contributed by atoms with van der Waals surface area (Å²) in [5.74, 6) is -7.33. The summed E-state index contributed by atoms with van der Waals surface area (Å²) in [6.45, 7) is 3.31. The van der Waals surface area contributed by atoms with Gasteiger partial charge in [-0.25, -0.2) is 14.7 Å². The molecule has 0 unspecified atom stereocenters. The van der Waals surface area contributed by atoms with E-state index in [0.717, 1.165) is 47.9 Å². The van der Waals surface area contributed by atoms with Gasteiger partial charge in [0.2, 0.25) is 47.3 Å². The van der Waals surface area contributed by atoms with Crippen LogP contribution in [0.2, 0.25) is 0 Å². The molecule has 1 aliphatic carbocycles. The van der Waals surface area contributed by atoms with Gasteiger partial charge in [-0.15, -0.1) is 0 Å². The SMILES string of the molecule is CCCC[C@@H](C(=O)N[C@H](CS)C(=O)N[C@@H](C)C(=O)N[C@H](Cc1cnc[nH]1)C(=O)N[C@@H](Cc1ccccc1)C(=O)N[C@H](CCCN=C(N)N)C(=O)N[C@@H](Cc1c[nH]c2ccccc12)C(=O)N[C@H](CS)C(N)=O)N1C(=O)N[C@H](CC2CCCCC2)C1=O. The van der Waals surface area contributed by atoms with E-state index < -0.39 is 114 Å². The Hall–Kier alpha value is -8.14. The van der Waals surface area contributed by atoms with Crippen molar-refractivity contribution in [1.29, 1.82) is 0 Å². The summed E-state index contributed by atoms with van der Waals surface area (Å²) in [5.41, 5.74) is 19.1. The normalized spacial score (nSPS) is 17.1. The Bertz CT molecular complexity index is 2970. The van der Waals surface area contributed by atoms with Crippen LogP contribution >= 0.6 is 25.3 Å². The summed E-state index contributed by atoms with van der Waals surface area (Å²) in [4.78, 5) is 154. The van der Waals surface area contributed by atoms with Crippen molar-refractivity contribution < 1.29 is 47.9 Å². The minimum Gasteiger partial charge on any atom is -0.370 e. The molecule has 460 valence electrons. The highest BCUT2D eigenvalue weighted by molar-refractivity contribution is 7.80. The quantitative estimate of drug-likeness (QED) is 0.00997. The molecule has 0 bridgehead atoms. The highest BCUT2D eigenvalue weighted by Gasteiger charge is 2.46. The zero-order valence-electron chi connectivity index (χ0n) is 47.8. The summed E-state index contributed by atoms with van der Waals surface area (Å²) in [6, 6.07) is 3.90. The van der Waals surface area contributed by atoms with Gasteiger partial charge in [0, 0.05) is 66.3 Å². The van der Waals surface area contributed by atoms with Crippen molar-refractivity contribution in [2.45, 2.75) is 158 Å². The predicted octanol–water partition coefficient (Wildman–Crippen LogP) is 0.180. The molecule has 2 aliphatic rings. The monoisotopic (exact) mass is 1210 g/mol. The number of carbonyl (C=O) groups excluding carboxylic acids is 10. The number of para-hydroxylation sites is 1. The Morgan fingerprint density at radius 2 is 1.26 bits per heavy atom. The summed E-state index contributed by atoms with van der Waals surface area (Å²) in [6.07, 6.45) is 11.1. The highest BCUT2D eigenvalue weighted by atomic mass is 32.1. The van der Waals surface area contributed by atoms with Crippen LogP contribution in [0, 0.1) is 5.92 Å². The first-order chi connectivity index (χ1) is 40.8. The summed E-state index contributed by atoms with van der Waals surface area (Å²) < 4.78 is 0. The number of nitrogens with two attached hydrogens (primary N) is 3. The molecule has 85 heavy (non-hydrogen) atoms. The first-order valence-corrected chi connectivity index (χ1v) is 30.0. The summed E-state index contributed by atoms with van der Waals surface area (Å²) in [7, 11) is 0. The number of primary amides is 1. The molecule has 26 nitrogen and oxygen atoms in total. The second kappa shape index (κ2) is 32.8. The van der Waals surface area contributed by atoms with Crippen LogP contribution in [0.3, 0.4) is 0 Å². The van der Waals surface area contributed by atoms with Gasteiger partial charge < -0.3 is 69.7 Å². The number of hydrogen-bond acceptors (Lipinski definition) is 14. The number of aromatic amines is 2. The number of carbonyl (C=O) groups is 10. The van der Waals surface area contributed by atoms with Gasteiger partial charge in [0.05, 0.1) is 6.33 Å². The maximum Gasteiger partial charge on any atom is 0.325 e. The van der Waals surface area contributed by atoms with Crippen molar-refractivity contribution in [3.05, 3.63) is 90.1 Å². The van der Waals surface area contributed by atoms with E-state index in [2.05, 4.69) is 87.7 Å². The number of H-pyrrole nitrogens is 2. The topological polar surface area (TPSA) is 405 Å². The van der Waals surface area contributed by atoms with E-state index in [4.69, 9.17) is 17.2 Å². The van der Waals surface area contributed by atoms with Gasteiger partial charge in [0.25, 0.3) is 5.91 Å². The molecule has 1 saturated heterocycles. The van der Waals surface area contributed by atoms with Gasteiger partial charge in [0.15, 0.2) is 5.96 Å². The molecule has 11 amide bonds. The molecule has 3 heterocycles. The fourth-order valence-electron chi connectivity index (χ4n) is 10.4. The van der Waals surface area contributed by atoms with Crippen molar-refractivity contribution in [3.8, 4) is 0 Å². The number of amides is 11. The number of aliphatic imine (C=N–C) groups is 1. The third kappa shape index (κ3) is 19.5. The number of aromatic nitrogens is 3. The van der Waals surface area contributed by atoms with Crippen molar-refractivity contribution in [3.63, 3.8) is 0 Å². The molecule has 2 fully saturated rings. The predicted molar refractivity (Wildman–Crippen MR) is 324 cm³/mol. The molecule has 16 N–H and O–H groups in total. The zero-order chi connectivity index (χ0) is 61.6. The van der Waals surface area contributed by atoms with Crippen LogP contribution < -0.4 is 59.7 Å². The molecule has 9 atom stereocenters. The molecule has 6 rings (SSSR count). The fraction of sp³-hybridized carbons (Fsp3) is 0.509. The number of unbranched alkanes of at least 4 members (excludes halogenated alkanes) is 1.